The van der Waals surface area contributed by atoms with Crippen LogP contribution in [0.2, 0.25) is 0 Å². The Hall–Kier alpha value is -1.39. The number of carbonyl (C=O) groups is 1. The molecule has 1 amide bonds. The van der Waals surface area contributed by atoms with Crippen molar-refractivity contribution in [2.75, 3.05) is 19.4 Å². The quantitative estimate of drug-likeness (QED) is 0.836. The number of hydrogen-bond acceptors (Lipinski definition) is 3. The summed E-state index contributed by atoms with van der Waals surface area (Å²) in [5.74, 6) is -0.0529. The molecule has 1 aromatic carbocycles. The highest BCUT2D eigenvalue weighted by molar-refractivity contribution is 5.91. The van der Waals surface area contributed by atoms with E-state index in [9.17, 15) is 4.79 Å². The average molecular weight is 249 g/mol. The maximum Gasteiger partial charge on any atom is 0.226 e. The zero-order valence-electron chi connectivity index (χ0n) is 11.7. The number of nitrogens with two attached hydrogens (primary N) is 1. The van der Waals surface area contributed by atoms with Crippen molar-refractivity contribution in [2.45, 2.75) is 32.4 Å². The molecule has 0 aliphatic heterocycles. The van der Waals surface area contributed by atoms with Gasteiger partial charge in [0.05, 0.1) is 0 Å². The van der Waals surface area contributed by atoms with Gasteiger partial charge >= 0.3 is 0 Å². The van der Waals surface area contributed by atoms with Gasteiger partial charge in [-0.15, -0.1) is 0 Å². The topological polar surface area (TPSA) is 58.4 Å². The molecule has 0 fully saturated rings. The molecule has 0 aliphatic rings. The van der Waals surface area contributed by atoms with Crippen LogP contribution in [0.25, 0.3) is 0 Å². The Balaban J connectivity index is 2.56. The standard InChI is InChI=1S/C14H23N3O/c1-14(2,15)9-13(18)16-12-7-5-11(6-8-12)10-17(3)4/h5-8H,9-10,15H2,1-4H3,(H,16,18). The van der Waals surface area contributed by atoms with Crippen molar-refractivity contribution < 1.29 is 4.79 Å². The van der Waals surface area contributed by atoms with E-state index in [1.54, 1.807) is 0 Å². The molecule has 0 aromatic heterocycles. The van der Waals surface area contributed by atoms with E-state index >= 15 is 0 Å². The van der Waals surface area contributed by atoms with Gasteiger partial charge in [-0.3, -0.25) is 4.79 Å². The SMILES string of the molecule is CN(C)Cc1ccc(NC(=O)CC(C)(C)N)cc1. The second-order valence-corrected chi connectivity index (χ2v) is 5.65. The van der Waals surface area contributed by atoms with Crippen LogP contribution in [0.1, 0.15) is 25.8 Å². The number of benzene rings is 1. The molecule has 0 heterocycles. The first-order valence-electron chi connectivity index (χ1n) is 6.09. The molecule has 0 unspecified atom stereocenters. The lowest BCUT2D eigenvalue weighted by Gasteiger charge is -2.17. The molecular formula is C14H23N3O. The van der Waals surface area contributed by atoms with Crippen LogP contribution < -0.4 is 11.1 Å². The monoisotopic (exact) mass is 249 g/mol. The molecule has 0 atom stereocenters. The summed E-state index contributed by atoms with van der Waals surface area (Å²) in [7, 11) is 4.05. The normalized spacial score (nSPS) is 11.7. The van der Waals surface area contributed by atoms with Gasteiger partial charge in [0.2, 0.25) is 5.91 Å². The summed E-state index contributed by atoms with van der Waals surface area (Å²) >= 11 is 0. The van der Waals surface area contributed by atoms with E-state index in [1.165, 1.54) is 5.56 Å². The van der Waals surface area contributed by atoms with Gasteiger partial charge in [0.25, 0.3) is 0 Å². The number of nitrogens with one attached hydrogen (secondary N) is 1. The number of amides is 1. The van der Waals surface area contributed by atoms with Crippen molar-refractivity contribution >= 4 is 11.6 Å². The molecule has 100 valence electrons. The lowest BCUT2D eigenvalue weighted by atomic mass is 10.0. The first-order valence-corrected chi connectivity index (χ1v) is 6.09. The maximum atomic E-state index is 11.7. The Morgan fingerprint density at radius 1 is 1.28 bits per heavy atom. The molecule has 4 nitrogen and oxygen atoms in total. The van der Waals surface area contributed by atoms with Crippen molar-refractivity contribution in [3.05, 3.63) is 29.8 Å². The second-order valence-electron chi connectivity index (χ2n) is 5.65. The predicted molar refractivity (Wildman–Crippen MR) is 75.3 cm³/mol. The first kappa shape index (κ1) is 14.7. The van der Waals surface area contributed by atoms with Gasteiger partial charge in [-0.05, 0) is 45.6 Å². The lowest BCUT2D eigenvalue weighted by molar-refractivity contribution is -0.117. The van der Waals surface area contributed by atoms with Crippen LogP contribution in [-0.4, -0.2) is 30.4 Å². The summed E-state index contributed by atoms with van der Waals surface area (Å²) < 4.78 is 0. The number of hydrogen-bond donors (Lipinski definition) is 2. The highest BCUT2D eigenvalue weighted by Crippen LogP contribution is 2.12. The molecule has 4 heteroatoms. The van der Waals surface area contributed by atoms with Crippen LogP contribution in [0, 0.1) is 0 Å². The van der Waals surface area contributed by atoms with E-state index in [0.29, 0.717) is 6.42 Å². The van der Waals surface area contributed by atoms with Crippen LogP contribution in [-0.2, 0) is 11.3 Å². The Morgan fingerprint density at radius 2 is 1.83 bits per heavy atom. The van der Waals surface area contributed by atoms with E-state index in [1.807, 2.05) is 52.2 Å². The minimum atomic E-state index is -0.477. The van der Waals surface area contributed by atoms with E-state index in [4.69, 9.17) is 5.73 Å². The minimum Gasteiger partial charge on any atom is -0.326 e. The maximum absolute atomic E-state index is 11.7. The van der Waals surface area contributed by atoms with Gasteiger partial charge in [-0.25, -0.2) is 0 Å². The molecule has 18 heavy (non-hydrogen) atoms. The highest BCUT2D eigenvalue weighted by atomic mass is 16.1. The second kappa shape index (κ2) is 5.98. The Bertz CT molecular complexity index is 390. The molecule has 3 N–H and O–H groups in total. The first-order chi connectivity index (χ1) is 8.26. The molecule has 0 spiro atoms. The van der Waals surface area contributed by atoms with E-state index in [-0.39, 0.29) is 5.91 Å². The van der Waals surface area contributed by atoms with Crippen LogP contribution in [0.3, 0.4) is 0 Å². The Labute approximate surface area is 109 Å². The largest absolute Gasteiger partial charge is 0.326 e. The average Bonchev–Trinajstić information content (AvgIpc) is 2.17. The Morgan fingerprint density at radius 3 is 2.28 bits per heavy atom. The van der Waals surface area contributed by atoms with Crippen molar-refractivity contribution in [1.82, 2.24) is 4.90 Å². The third kappa shape index (κ3) is 5.80. The van der Waals surface area contributed by atoms with Crippen LogP contribution in [0.4, 0.5) is 5.69 Å². The minimum absolute atomic E-state index is 0.0529. The zero-order valence-corrected chi connectivity index (χ0v) is 11.7. The van der Waals surface area contributed by atoms with Gasteiger partial charge < -0.3 is 16.0 Å². The van der Waals surface area contributed by atoms with Crippen LogP contribution >= 0.6 is 0 Å². The highest BCUT2D eigenvalue weighted by Gasteiger charge is 2.16. The molecule has 1 aromatic rings. The van der Waals surface area contributed by atoms with E-state index in [0.717, 1.165) is 12.2 Å². The third-order valence-corrected chi connectivity index (χ3v) is 2.35. The summed E-state index contributed by atoms with van der Waals surface area (Å²) in [6.45, 7) is 4.57. The molecule has 0 radical (unpaired) electrons. The predicted octanol–water partition coefficient (Wildman–Crippen LogP) is 1.81. The summed E-state index contributed by atoms with van der Waals surface area (Å²) in [6, 6.07) is 7.87. The molecular weight excluding hydrogens is 226 g/mol. The fraction of sp³-hybridized carbons (Fsp3) is 0.500. The molecule has 0 bridgehead atoms. The molecule has 0 aliphatic carbocycles. The molecule has 1 rings (SSSR count). The van der Waals surface area contributed by atoms with E-state index < -0.39 is 5.54 Å². The molecule has 0 saturated heterocycles. The lowest BCUT2D eigenvalue weighted by Crippen LogP contribution is -2.36. The van der Waals surface area contributed by atoms with E-state index in [2.05, 4.69) is 10.2 Å². The third-order valence-electron chi connectivity index (χ3n) is 2.35. The van der Waals surface area contributed by atoms with Gasteiger partial charge in [-0.1, -0.05) is 12.1 Å². The van der Waals surface area contributed by atoms with Crippen molar-refractivity contribution in [3.63, 3.8) is 0 Å². The number of carbonyl (C=O) groups excluding carboxylic acids is 1. The van der Waals surface area contributed by atoms with Gasteiger partial charge in [0.1, 0.15) is 0 Å². The number of rotatable bonds is 5. The summed E-state index contributed by atoms with van der Waals surface area (Å²) in [5.41, 5.74) is 7.36. The van der Waals surface area contributed by atoms with Gasteiger partial charge in [0, 0.05) is 24.2 Å². The Kier molecular flexibility index (Phi) is 4.87. The fourth-order valence-electron chi connectivity index (χ4n) is 1.68. The zero-order chi connectivity index (χ0) is 13.8. The summed E-state index contributed by atoms with van der Waals surface area (Å²) in [5, 5.41) is 2.85. The summed E-state index contributed by atoms with van der Waals surface area (Å²) in [6.07, 6.45) is 0.312. The molecule has 0 saturated carbocycles. The van der Waals surface area contributed by atoms with Crippen molar-refractivity contribution in [2.24, 2.45) is 5.73 Å². The smallest absolute Gasteiger partial charge is 0.226 e. The number of nitrogens with zero attached hydrogens (tertiary/aromatic N) is 1. The van der Waals surface area contributed by atoms with Crippen molar-refractivity contribution in [1.29, 1.82) is 0 Å². The van der Waals surface area contributed by atoms with Crippen molar-refractivity contribution in [3.8, 4) is 0 Å². The summed E-state index contributed by atoms with van der Waals surface area (Å²) in [4.78, 5) is 13.8. The van der Waals surface area contributed by atoms with Crippen LogP contribution in [0.15, 0.2) is 24.3 Å². The van der Waals surface area contributed by atoms with Gasteiger partial charge in [-0.2, -0.15) is 0 Å². The van der Waals surface area contributed by atoms with Gasteiger partial charge in [0.15, 0.2) is 0 Å². The van der Waals surface area contributed by atoms with Crippen LogP contribution in [0.5, 0.6) is 0 Å². The number of anilines is 1. The fourth-order valence-corrected chi connectivity index (χ4v) is 1.68.